The molecule has 0 saturated carbocycles. The number of rotatable bonds is 4. The maximum atomic E-state index is 12.0. The number of halogens is 1. The normalized spacial score (nSPS) is 14.5. The zero-order valence-electron chi connectivity index (χ0n) is 13.6. The number of hydrogen-bond acceptors (Lipinski definition) is 4. The second-order valence-electron chi connectivity index (χ2n) is 5.41. The lowest BCUT2D eigenvalue weighted by atomic mass is 10.4. The van der Waals surface area contributed by atoms with Crippen LogP contribution in [0.15, 0.2) is 29.4 Å². The summed E-state index contributed by atoms with van der Waals surface area (Å²) in [5, 5.41) is 14.5. The van der Waals surface area contributed by atoms with Gasteiger partial charge in [0.2, 0.25) is 5.91 Å². The molecule has 3 heterocycles. The van der Waals surface area contributed by atoms with E-state index in [9.17, 15) is 4.79 Å². The minimum atomic E-state index is 0. The van der Waals surface area contributed by atoms with E-state index in [0.717, 1.165) is 37.4 Å². The van der Waals surface area contributed by atoms with Gasteiger partial charge in [0.1, 0.15) is 0 Å². The maximum Gasteiger partial charge on any atom is 0.241 e. The van der Waals surface area contributed by atoms with Crippen LogP contribution in [0.4, 0.5) is 0 Å². The van der Waals surface area contributed by atoms with E-state index in [-0.39, 0.29) is 36.4 Å². The average Bonchev–Trinajstić information content (AvgIpc) is 3.25. The summed E-state index contributed by atoms with van der Waals surface area (Å²) in [6.07, 6.45) is 4.11. The van der Waals surface area contributed by atoms with Crippen LogP contribution < -0.4 is 10.6 Å². The topological polar surface area (TPSA) is 86.9 Å². The first-order valence-electron chi connectivity index (χ1n) is 7.79. The van der Waals surface area contributed by atoms with Crippen molar-refractivity contribution >= 4 is 41.5 Å². The molecule has 0 radical (unpaired) electrons. The molecule has 1 saturated heterocycles. The Hall–Kier alpha value is -1.91. The standard InChI is InChI=1S/C15H21N7O.HI/c1-16-15(18-11-14(23)21-7-4-5-8-21)17-10-13-20-19-12-6-2-3-9-22(12)13;/h2-3,6,9H,4-5,7-8,10-11H2,1H3,(H2,16,17,18);1H. The Bertz CT molecular complexity index is 709. The van der Waals surface area contributed by atoms with Crippen LogP contribution in [0.2, 0.25) is 0 Å². The van der Waals surface area contributed by atoms with E-state index in [1.807, 2.05) is 33.7 Å². The second-order valence-corrected chi connectivity index (χ2v) is 5.41. The van der Waals surface area contributed by atoms with E-state index >= 15 is 0 Å². The van der Waals surface area contributed by atoms with Crippen LogP contribution >= 0.6 is 24.0 Å². The molecule has 24 heavy (non-hydrogen) atoms. The van der Waals surface area contributed by atoms with Crippen molar-refractivity contribution in [2.45, 2.75) is 19.4 Å². The van der Waals surface area contributed by atoms with Gasteiger partial charge < -0.3 is 15.5 Å². The number of pyridine rings is 1. The highest BCUT2D eigenvalue weighted by atomic mass is 127. The van der Waals surface area contributed by atoms with Crippen LogP contribution in [0.5, 0.6) is 0 Å². The van der Waals surface area contributed by atoms with Gasteiger partial charge in [0.15, 0.2) is 17.4 Å². The third-order valence-electron chi connectivity index (χ3n) is 3.89. The Morgan fingerprint density at radius 3 is 2.79 bits per heavy atom. The largest absolute Gasteiger partial charge is 0.349 e. The van der Waals surface area contributed by atoms with Crippen LogP contribution in [0.25, 0.3) is 5.65 Å². The summed E-state index contributed by atoms with van der Waals surface area (Å²) in [7, 11) is 1.68. The van der Waals surface area contributed by atoms with Gasteiger partial charge in [0, 0.05) is 26.3 Å². The monoisotopic (exact) mass is 443 g/mol. The number of likely N-dealkylation sites (tertiary alicyclic amines) is 1. The lowest BCUT2D eigenvalue weighted by Crippen LogP contribution is -2.43. The minimum absolute atomic E-state index is 0. The average molecular weight is 443 g/mol. The third-order valence-corrected chi connectivity index (χ3v) is 3.89. The highest BCUT2D eigenvalue weighted by molar-refractivity contribution is 14.0. The molecule has 1 amide bonds. The summed E-state index contributed by atoms with van der Waals surface area (Å²) in [6.45, 7) is 2.44. The van der Waals surface area contributed by atoms with Gasteiger partial charge in [-0.05, 0) is 25.0 Å². The molecule has 130 valence electrons. The quantitative estimate of drug-likeness (QED) is 0.412. The molecule has 0 spiro atoms. The number of carbonyl (C=O) groups is 1. The molecular formula is C15H22IN7O. The molecule has 0 aliphatic carbocycles. The Morgan fingerprint density at radius 2 is 2.04 bits per heavy atom. The van der Waals surface area contributed by atoms with Crippen molar-refractivity contribution in [3.63, 3.8) is 0 Å². The number of aromatic nitrogens is 3. The number of aliphatic imine (C=N–C) groups is 1. The highest BCUT2D eigenvalue weighted by Gasteiger charge is 2.17. The van der Waals surface area contributed by atoms with E-state index < -0.39 is 0 Å². The first kappa shape index (κ1) is 18.4. The molecule has 0 bridgehead atoms. The number of nitrogens with one attached hydrogen (secondary N) is 2. The fourth-order valence-electron chi connectivity index (χ4n) is 2.63. The zero-order valence-corrected chi connectivity index (χ0v) is 15.9. The van der Waals surface area contributed by atoms with E-state index in [1.54, 1.807) is 7.05 Å². The lowest BCUT2D eigenvalue weighted by Gasteiger charge is -2.17. The predicted octanol–water partition coefficient (Wildman–Crippen LogP) is 0.635. The summed E-state index contributed by atoms with van der Waals surface area (Å²) in [5.74, 6) is 1.47. The van der Waals surface area contributed by atoms with Crippen molar-refractivity contribution in [3.8, 4) is 0 Å². The molecule has 1 aliphatic heterocycles. The van der Waals surface area contributed by atoms with Crippen LogP contribution in [0.3, 0.4) is 0 Å². The SMILES string of the molecule is CN=C(NCC(=O)N1CCCC1)NCc1nnc2ccccn12.I. The van der Waals surface area contributed by atoms with Crippen LogP contribution in [0, 0.1) is 0 Å². The van der Waals surface area contributed by atoms with Gasteiger partial charge in [0.05, 0.1) is 13.1 Å². The Morgan fingerprint density at radius 1 is 1.25 bits per heavy atom. The zero-order chi connectivity index (χ0) is 16.1. The Kier molecular flexibility index (Phi) is 6.76. The van der Waals surface area contributed by atoms with Gasteiger partial charge >= 0.3 is 0 Å². The fraction of sp³-hybridized carbons (Fsp3) is 0.467. The van der Waals surface area contributed by atoms with E-state index in [2.05, 4.69) is 25.8 Å². The molecular weight excluding hydrogens is 421 g/mol. The van der Waals surface area contributed by atoms with Crippen molar-refractivity contribution in [1.82, 2.24) is 30.1 Å². The third kappa shape index (κ3) is 4.34. The first-order chi connectivity index (χ1) is 11.3. The van der Waals surface area contributed by atoms with Gasteiger partial charge in [-0.15, -0.1) is 34.2 Å². The van der Waals surface area contributed by atoms with Crippen molar-refractivity contribution in [2.24, 2.45) is 4.99 Å². The lowest BCUT2D eigenvalue weighted by molar-refractivity contribution is -0.128. The molecule has 3 rings (SSSR count). The van der Waals surface area contributed by atoms with E-state index in [1.165, 1.54) is 0 Å². The molecule has 2 aromatic rings. The van der Waals surface area contributed by atoms with Crippen LogP contribution in [0.1, 0.15) is 18.7 Å². The number of carbonyl (C=O) groups excluding carboxylic acids is 1. The van der Waals surface area contributed by atoms with E-state index in [0.29, 0.717) is 12.5 Å². The molecule has 2 aromatic heterocycles. The summed E-state index contributed by atoms with van der Waals surface area (Å²) in [6, 6.07) is 5.76. The van der Waals surface area contributed by atoms with Gasteiger partial charge in [-0.1, -0.05) is 6.07 Å². The molecule has 2 N–H and O–H groups in total. The molecule has 0 unspecified atom stereocenters. The second kappa shape index (κ2) is 8.81. The van der Waals surface area contributed by atoms with E-state index in [4.69, 9.17) is 0 Å². The van der Waals surface area contributed by atoms with Crippen molar-refractivity contribution < 1.29 is 4.79 Å². The minimum Gasteiger partial charge on any atom is -0.349 e. The van der Waals surface area contributed by atoms with Gasteiger partial charge in [-0.3, -0.25) is 14.2 Å². The summed E-state index contributed by atoms with van der Waals surface area (Å²) < 4.78 is 1.91. The first-order valence-corrected chi connectivity index (χ1v) is 7.79. The predicted molar refractivity (Wildman–Crippen MR) is 102 cm³/mol. The molecule has 9 heteroatoms. The van der Waals surface area contributed by atoms with Crippen molar-refractivity contribution in [1.29, 1.82) is 0 Å². The Labute approximate surface area is 157 Å². The van der Waals surface area contributed by atoms with Gasteiger partial charge in [0.25, 0.3) is 0 Å². The summed E-state index contributed by atoms with van der Waals surface area (Å²) in [4.78, 5) is 18.0. The number of fused-ring (bicyclic) bond motifs is 1. The summed E-state index contributed by atoms with van der Waals surface area (Å²) >= 11 is 0. The molecule has 0 aromatic carbocycles. The number of guanidine groups is 1. The molecule has 1 aliphatic rings. The Balaban J connectivity index is 0.00000208. The summed E-state index contributed by atoms with van der Waals surface area (Å²) in [5.41, 5.74) is 0.802. The maximum absolute atomic E-state index is 12.0. The van der Waals surface area contributed by atoms with Crippen LogP contribution in [-0.2, 0) is 11.3 Å². The van der Waals surface area contributed by atoms with Gasteiger partial charge in [-0.25, -0.2) is 0 Å². The number of nitrogens with zero attached hydrogens (tertiary/aromatic N) is 5. The van der Waals surface area contributed by atoms with Crippen molar-refractivity contribution in [3.05, 3.63) is 30.2 Å². The van der Waals surface area contributed by atoms with Crippen molar-refractivity contribution in [2.75, 3.05) is 26.7 Å². The number of amides is 1. The number of hydrogen-bond donors (Lipinski definition) is 2. The van der Waals surface area contributed by atoms with Crippen LogP contribution in [-0.4, -0.2) is 58.0 Å². The van der Waals surface area contributed by atoms with Gasteiger partial charge in [-0.2, -0.15) is 0 Å². The highest BCUT2D eigenvalue weighted by Crippen LogP contribution is 2.06. The molecule has 0 atom stereocenters. The molecule has 1 fully saturated rings. The smallest absolute Gasteiger partial charge is 0.241 e. The fourth-order valence-corrected chi connectivity index (χ4v) is 2.63. The molecule has 8 nitrogen and oxygen atoms in total.